The van der Waals surface area contributed by atoms with E-state index < -0.39 is 11.7 Å². The van der Waals surface area contributed by atoms with Gasteiger partial charge >= 0.3 is 0 Å². The van der Waals surface area contributed by atoms with E-state index in [4.69, 9.17) is 5.73 Å². The van der Waals surface area contributed by atoms with Crippen molar-refractivity contribution in [2.24, 2.45) is 0 Å². The number of hydrogen-bond acceptors (Lipinski definition) is 3. The van der Waals surface area contributed by atoms with E-state index in [2.05, 4.69) is 5.32 Å². The third-order valence-corrected chi connectivity index (χ3v) is 2.72. The Kier molecular flexibility index (Phi) is 3.37. The molecule has 2 rings (SSSR count). The molecule has 0 atom stereocenters. The highest BCUT2D eigenvalue weighted by molar-refractivity contribution is 6.04. The standard InChI is InChI=1S/C14H13FN2O2/c1-8-6-10(3-5-13(8)18)17-14(19)9-2-4-12(16)11(15)7-9/h2-7,18H,16H2,1H3,(H,17,19). The number of nitrogens with one attached hydrogen (secondary N) is 1. The lowest BCUT2D eigenvalue weighted by Crippen LogP contribution is -2.12. The van der Waals surface area contributed by atoms with Crippen LogP contribution >= 0.6 is 0 Å². The molecule has 0 bridgehead atoms. The van der Waals surface area contributed by atoms with Gasteiger partial charge in [0.25, 0.3) is 5.91 Å². The normalized spacial score (nSPS) is 10.2. The molecule has 0 spiro atoms. The number of amides is 1. The Morgan fingerprint density at radius 3 is 2.63 bits per heavy atom. The second-order valence-electron chi connectivity index (χ2n) is 4.19. The van der Waals surface area contributed by atoms with Gasteiger partial charge in [0.05, 0.1) is 5.69 Å². The van der Waals surface area contributed by atoms with Crippen molar-refractivity contribution >= 4 is 17.3 Å². The van der Waals surface area contributed by atoms with E-state index in [1.807, 2.05) is 0 Å². The minimum absolute atomic E-state index is 0.00275. The zero-order valence-corrected chi connectivity index (χ0v) is 10.3. The smallest absolute Gasteiger partial charge is 0.255 e. The summed E-state index contributed by atoms with van der Waals surface area (Å²) in [5.74, 6) is -0.921. The fraction of sp³-hybridized carbons (Fsp3) is 0.0714. The molecule has 2 aromatic carbocycles. The van der Waals surface area contributed by atoms with Crippen molar-refractivity contribution in [2.75, 3.05) is 11.1 Å². The fourth-order valence-electron chi connectivity index (χ4n) is 1.60. The van der Waals surface area contributed by atoms with Crippen LogP contribution in [0.4, 0.5) is 15.8 Å². The highest BCUT2D eigenvalue weighted by Gasteiger charge is 2.09. The average Bonchev–Trinajstić information content (AvgIpc) is 2.37. The molecule has 4 nitrogen and oxygen atoms in total. The van der Waals surface area contributed by atoms with Gasteiger partial charge in [-0.25, -0.2) is 4.39 Å². The maximum atomic E-state index is 13.3. The van der Waals surface area contributed by atoms with Crippen molar-refractivity contribution in [1.29, 1.82) is 0 Å². The van der Waals surface area contributed by atoms with Crippen LogP contribution in [0.25, 0.3) is 0 Å². The number of nitrogen functional groups attached to an aromatic ring is 1. The number of aryl methyl sites for hydroxylation is 1. The van der Waals surface area contributed by atoms with Gasteiger partial charge in [-0.3, -0.25) is 4.79 Å². The number of phenolic OH excluding ortho intramolecular Hbond substituents is 1. The summed E-state index contributed by atoms with van der Waals surface area (Å²) >= 11 is 0. The van der Waals surface area contributed by atoms with Gasteiger partial charge in [-0.15, -0.1) is 0 Å². The molecule has 0 aliphatic rings. The van der Waals surface area contributed by atoms with Gasteiger partial charge in [-0.1, -0.05) is 0 Å². The van der Waals surface area contributed by atoms with E-state index >= 15 is 0 Å². The molecule has 0 unspecified atom stereocenters. The Balaban J connectivity index is 2.20. The van der Waals surface area contributed by atoms with Crippen molar-refractivity contribution in [3.63, 3.8) is 0 Å². The van der Waals surface area contributed by atoms with Crippen molar-refractivity contribution in [2.45, 2.75) is 6.92 Å². The van der Waals surface area contributed by atoms with Crippen LogP contribution in [0.2, 0.25) is 0 Å². The largest absolute Gasteiger partial charge is 0.508 e. The lowest BCUT2D eigenvalue weighted by molar-refractivity contribution is 0.102. The molecule has 0 aliphatic carbocycles. The Morgan fingerprint density at radius 1 is 1.26 bits per heavy atom. The van der Waals surface area contributed by atoms with E-state index in [1.165, 1.54) is 18.2 Å². The predicted molar refractivity (Wildman–Crippen MR) is 71.6 cm³/mol. The molecule has 0 radical (unpaired) electrons. The van der Waals surface area contributed by atoms with Gasteiger partial charge in [-0.05, 0) is 48.9 Å². The van der Waals surface area contributed by atoms with Crippen molar-refractivity contribution < 1.29 is 14.3 Å². The summed E-state index contributed by atoms with van der Waals surface area (Å²) in [6, 6.07) is 8.54. The van der Waals surface area contributed by atoms with Crippen molar-refractivity contribution in [1.82, 2.24) is 0 Å². The van der Waals surface area contributed by atoms with Crippen LogP contribution in [0.3, 0.4) is 0 Å². The van der Waals surface area contributed by atoms with Crippen LogP contribution in [0.15, 0.2) is 36.4 Å². The number of rotatable bonds is 2. The van der Waals surface area contributed by atoms with E-state index in [0.29, 0.717) is 11.3 Å². The van der Waals surface area contributed by atoms with Crippen LogP contribution < -0.4 is 11.1 Å². The SMILES string of the molecule is Cc1cc(NC(=O)c2ccc(N)c(F)c2)ccc1O. The Hall–Kier alpha value is -2.56. The number of carbonyl (C=O) groups excluding carboxylic acids is 1. The summed E-state index contributed by atoms with van der Waals surface area (Å²) < 4.78 is 13.3. The highest BCUT2D eigenvalue weighted by Crippen LogP contribution is 2.21. The van der Waals surface area contributed by atoms with E-state index in [-0.39, 0.29) is 17.0 Å². The first kappa shape index (κ1) is 12.9. The third-order valence-electron chi connectivity index (χ3n) is 2.72. The number of carbonyl (C=O) groups is 1. The molecule has 19 heavy (non-hydrogen) atoms. The quantitative estimate of drug-likeness (QED) is 0.574. The van der Waals surface area contributed by atoms with Crippen molar-refractivity contribution in [3.05, 3.63) is 53.3 Å². The van der Waals surface area contributed by atoms with Gasteiger partial charge in [0, 0.05) is 11.3 Å². The van der Waals surface area contributed by atoms with Crippen LogP contribution in [0, 0.1) is 12.7 Å². The van der Waals surface area contributed by atoms with E-state index in [1.54, 1.807) is 19.1 Å². The molecule has 98 valence electrons. The number of anilines is 2. The molecule has 1 amide bonds. The van der Waals surface area contributed by atoms with Gasteiger partial charge < -0.3 is 16.2 Å². The third kappa shape index (κ3) is 2.82. The fourth-order valence-corrected chi connectivity index (χ4v) is 1.60. The minimum atomic E-state index is -0.630. The molecule has 0 aromatic heterocycles. The summed E-state index contributed by atoms with van der Waals surface area (Å²) in [5, 5.41) is 12.0. The van der Waals surface area contributed by atoms with Crippen LogP contribution in [-0.4, -0.2) is 11.0 Å². The maximum Gasteiger partial charge on any atom is 0.255 e. The molecule has 2 aromatic rings. The summed E-state index contributed by atoms with van der Waals surface area (Å²) in [6.07, 6.45) is 0. The van der Waals surface area contributed by atoms with E-state index in [0.717, 1.165) is 6.07 Å². The summed E-state index contributed by atoms with van der Waals surface area (Å²) in [6.45, 7) is 1.72. The maximum absolute atomic E-state index is 13.3. The number of phenols is 1. The monoisotopic (exact) mass is 260 g/mol. The lowest BCUT2D eigenvalue weighted by Gasteiger charge is -2.07. The Labute approximate surface area is 109 Å². The molecule has 0 fully saturated rings. The zero-order chi connectivity index (χ0) is 14.0. The molecule has 0 aliphatic heterocycles. The average molecular weight is 260 g/mol. The summed E-state index contributed by atoms with van der Waals surface area (Å²) in [5.41, 5.74) is 6.68. The van der Waals surface area contributed by atoms with Crippen LogP contribution in [0.5, 0.6) is 5.75 Å². The molecule has 0 saturated carbocycles. The predicted octanol–water partition coefficient (Wildman–Crippen LogP) is 2.67. The van der Waals surface area contributed by atoms with Gasteiger partial charge in [0.1, 0.15) is 11.6 Å². The first-order valence-electron chi connectivity index (χ1n) is 5.63. The van der Waals surface area contributed by atoms with Gasteiger partial charge in [-0.2, -0.15) is 0 Å². The summed E-state index contributed by atoms with van der Waals surface area (Å²) in [4.78, 5) is 11.9. The molecule has 0 heterocycles. The molecular weight excluding hydrogens is 247 g/mol. The number of benzene rings is 2. The zero-order valence-electron chi connectivity index (χ0n) is 10.3. The van der Waals surface area contributed by atoms with Gasteiger partial charge in [0.2, 0.25) is 0 Å². The topological polar surface area (TPSA) is 75.4 Å². The lowest BCUT2D eigenvalue weighted by atomic mass is 10.1. The first-order chi connectivity index (χ1) is 8.97. The second kappa shape index (κ2) is 4.97. The van der Waals surface area contributed by atoms with E-state index in [9.17, 15) is 14.3 Å². The minimum Gasteiger partial charge on any atom is -0.508 e. The van der Waals surface area contributed by atoms with Crippen LogP contribution in [-0.2, 0) is 0 Å². The van der Waals surface area contributed by atoms with Crippen molar-refractivity contribution in [3.8, 4) is 5.75 Å². The van der Waals surface area contributed by atoms with Gasteiger partial charge in [0.15, 0.2) is 0 Å². The van der Waals surface area contributed by atoms with Crippen LogP contribution in [0.1, 0.15) is 15.9 Å². The first-order valence-corrected chi connectivity index (χ1v) is 5.63. The second-order valence-corrected chi connectivity index (χ2v) is 4.19. The molecular formula is C14H13FN2O2. The molecule has 0 saturated heterocycles. The number of aromatic hydroxyl groups is 1. The molecule has 4 N–H and O–H groups in total. The highest BCUT2D eigenvalue weighted by atomic mass is 19.1. The Bertz CT molecular complexity index is 641. The number of nitrogens with two attached hydrogens (primary N) is 1. The Morgan fingerprint density at radius 2 is 2.00 bits per heavy atom. The number of hydrogen-bond donors (Lipinski definition) is 3. The molecule has 5 heteroatoms. The number of halogens is 1. The summed E-state index contributed by atoms with van der Waals surface area (Å²) in [7, 11) is 0.